The summed E-state index contributed by atoms with van der Waals surface area (Å²) < 4.78 is 19.7. The number of benzene rings is 1. The molecular formula is C30H35FN6O2. The first-order chi connectivity index (χ1) is 18.9. The van der Waals surface area contributed by atoms with Crippen molar-refractivity contribution in [3.05, 3.63) is 71.8 Å². The van der Waals surface area contributed by atoms with E-state index in [4.69, 9.17) is 20.4 Å². The van der Waals surface area contributed by atoms with E-state index < -0.39 is 0 Å². The van der Waals surface area contributed by atoms with Crippen LogP contribution in [0.25, 0.3) is 27.8 Å². The Bertz CT molecular complexity index is 1490. The van der Waals surface area contributed by atoms with Gasteiger partial charge in [-0.05, 0) is 68.9 Å². The number of hydrogen-bond acceptors (Lipinski definition) is 6. The molecule has 0 spiro atoms. The number of rotatable bonds is 6. The molecule has 204 valence electrons. The van der Waals surface area contributed by atoms with Crippen LogP contribution < -0.4 is 16.4 Å². The number of nitrogens with one attached hydrogen (secondary N) is 2. The molecule has 4 aromatic rings. The van der Waals surface area contributed by atoms with Gasteiger partial charge in [0.15, 0.2) is 0 Å². The van der Waals surface area contributed by atoms with E-state index in [1.807, 2.05) is 32.3 Å². The van der Waals surface area contributed by atoms with Crippen molar-refractivity contribution in [3.8, 4) is 0 Å². The number of amides is 1. The largest absolute Gasteiger partial charge is 0.401 e. The maximum Gasteiger partial charge on any atom is 0.228 e. The third-order valence-electron chi connectivity index (χ3n) is 7.19. The molecule has 6 rings (SSSR count). The molecule has 8 nitrogen and oxygen atoms in total. The van der Waals surface area contributed by atoms with Gasteiger partial charge in [0.1, 0.15) is 17.3 Å². The van der Waals surface area contributed by atoms with Gasteiger partial charge >= 0.3 is 0 Å². The first-order valence-corrected chi connectivity index (χ1v) is 13.5. The molecule has 2 fully saturated rings. The number of halogens is 1. The number of nitrogens with zero attached hydrogens (tertiary/aromatic N) is 3. The number of ether oxygens (including phenoxy) is 1. The first-order valence-electron chi connectivity index (χ1n) is 13.5. The lowest BCUT2D eigenvalue weighted by Gasteiger charge is -2.23. The molecule has 0 radical (unpaired) electrons. The molecule has 4 N–H and O–H groups in total. The molecule has 1 amide bonds. The summed E-state index contributed by atoms with van der Waals surface area (Å²) in [5.74, 6) is 1.12. The fourth-order valence-corrected chi connectivity index (χ4v) is 4.96. The average Bonchev–Trinajstić information content (AvgIpc) is 3.75. The summed E-state index contributed by atoms with van der Waals surface area (Å²) in [6, 6.07) is 14.0. The Kier molecular flexibility index (Phi) is 8.07. The van der Waals surface area contributed by atoms with E-state index in [1.54, 1.807) is 18.2 Å². The van der Waals surface area contributed by atoms with Crippen molar-refractivity contribution < 1.29 is 13.9 Å². The average molecular weight is 531 g/mol. The summed E-state index contributed by atoms with van der Waals surface area (Å²) >= 11 is 0. The van der Waals surface area contributed by atoms with Gasteiger partial charge in [-0.3, -0.25) is 9.78 Å². The van der Waals surface area contributed by atoms with Crippen LogP contribution in [0.5, 0.6) is 0 Å². The van der Waals surface area contributed by atoms with Crippen molar-refractivity contribution >= 4 is 39.5 Å². The van der Waals surface area contributed by atoms with Crippen LogP contribution in [0.15, 0.2) is 60.4 Å². The third kappa shape index (κ3) is 6.20. The van der Waals surface area contributed by atoms with E-state index in [9.17, 15) is 9.18 Å². The topological polar surface area (TPSA) is 107 Å². The van der Waals surface area contributed by atoms with Crippen molar-refractivity contribution in [1.29, 1.82) is 0 Å². The normalized spacial score (nSPS) is 16.4. The van der Waals surface area contributed by atoms with E-state index in [0.717, 1.165) is 78.8 Å². The zero-order valence-corrected chi connectivity index (χ0v) is 22.4. The van der Waals surface area contributed by atoms with Crippen molar-refractivity contribution in [2.24, 2.45) is 17.6 Å². The van der Waals surface area contributed by atoms with Gasteiger partial charge in [0.2, 0.25) is 5.91 Å². The summed E-state index contributed by atoms with van der Waals surface area (Å²) in [6.45, 7) is 4.30. The SMILES string of the molecule is CN/C(=C(/C)N)c1cnc2c3ccc(NC(=O)C4CC4)nc3n(CC3CCOCC3)c2c1.Fc1ccccc1. The van der Waals surface area contributed by atoms with Crippen molar-refractivity contribution in [2.45, 2.75) is 39.2 Å². The molecule has 0 atom stereocenters. The molecule has 1 saturated heterocycles. The molecule has 0 bridgehead atoms. The quantitative estimate of drug-likeness (QED) is 0.322. The van der Waals surface area contributed by atoms with Crippen molar-refractivity contribution in [2.75, 3.05) is 25.6 Å². The minimum atomic E-state index is -0.178. The van der Waals surface area contributed by atoms with Crippen LogP contribution in [0.2, 0.25) is 0 Å². The van der Waals surface area contributed by atoms with Crippen LogP contribution in [0, 0.1) is 17.7 Å². The third-order valence-corrected chi connectivity index (χ3v) is 7.19. The number of carbonyl (C=O) groups is 1. The van der Waals surface area contributed by atoms with Gasteiger partial charge in [-0.25, -0.2) is 9.37 Å². The zero-order chi connectivity index (χ0) is 27.4. The van der Waals surface area contributed by atoms with Crippen LogP contribution in [0.1, 0.15) is 38.2 Å². The standard InChI is InChI=1S/C24H30N6O2.C6H5F/c1-14(25)21(26-2)17-11-19-22(27-12-17)18-5-6-20(29-24(31)16-3-4-16)28-23(18)30(19)13-15-7-9-32-10-8-15;7-6-4-2-1-3-5-6/h5-6,11-12,15-16,26H,3-4,7-10,13,25H2,1-2H3,(H,28,29,31);1-5H/b21-14-;. The second-order valence-corrected chi connectivity index (χ2v) is 10.2. The minimum Gasteiger partial charge on any atom is -0.401 e. The van der Waals surface area contributed by atoms with Crippen LogP contribution in [0.4, 0.5) is 10.2 Å². The summed E-state index contributed by atoms with van der Waals surface area (Å²) in [4.78, 5) is 22.0. The van der Waals surface area contributed by atoms with E-state index in [2.05, 4.69) is 21.3 Å². The van der Waals surface area contributed by atoms with Crippen LogP contribution in [-0.4, -0.2) is 40.7 Å². The van der Waals surface area contributed by atoms with Gasteiger partial charge in [-0.15, -0.1) is 0 Å². The molecular weight excluding hydrogens is 495 g/mol. The van der Waals surface area contributed by atoms with E-state index >= 15 is 0 Å². The highest BCUT2D eigenvalue weighted by Crippen LogP contribution is 2.33. The van der Waals surface area contributed by atoms with Crippen molar-refractivity contribution in [3.63, 3.8) is 0 Å². The van der Waals surface area contributed by atoms with Crippen molar-refractivity contribution in [1.82, 2.24) is 19.9 Å². The van der Waals surface area contributed by atoms with Gasteiger partial charge < -0.3 is 25.7 Å². The lowest BCUT2D eigenvalue weighted by molar-refractivity contribution is -0.117. The summed E-state index contributed by atoms with van der Waals surface area (Å²) in [6.07, 6.45) is 5.83. The highest BCUT2D eigenvalue weighted by Gasteiger charge is 2.30. The lowest BCUT2D eigenvalue weighted by atomic mass is 10.0. The van der Waals surface area contributed by atoms with Gasteiger partial charge in [-0.1, -0.05) is 18.2 Å². The molecule has 1 aliphatic heterocycles. The lowest BCUT2D eigenvalue weighted by Crippen LogP contribution is -2.20. The number of allylic oxidation sites excluding steroid dienone is 1. The smallest absolute Gasteiger partial charge is 0.228 e. The maximum atomic E-state index is 12.3. The fraction of sp³-hybridized carbons (Fsp3) is 0.367. The molecule has 0 unspecified atom stereocenters. The monoisotopic (exact) mass is 530 g/mol. The molecule has 3 aromatic heterocycles. The van der Waals surface area contributed by atoms with Gasteiger partial charge in [0.25, 0.3) is 0 Å². The second kappa shape index (κ2) is 11.8. The van der Waals surface area contributed by atoms with Crippen LogP contribution >= 0.6 is 0 Å². The Hall–Kier alpha value is -3.98. The Balaban J connectivity index is 0.000000384. The van der Waals surface area contributed by atoms with E-state index in [-0.39, 0.29) is 17.6 Å². The van der Waals surface area contributed by atoms with Gasteiger partial charge in [-0.2, -0.15) is 0 Å². The molecule has 9 heteroatoms. The molecule has 39 heavy (non-hydrogen) atoms. The van der Waals surface area contributed by atoms with Gasteiger partial charge in [0.05, 0.1) is 16.7 Å². The molecule has 1 aromatic carbocycles. The Labute approximate surface area is 227 Å². The zero-order valence-electron chi connectivity index (χ0n) is 22.4. The Morgan fingerprint density at radius 3 is 2.49 bits per heavy atom. The Morgan fingerprint density at radius 2 is 1.87 bits per heavy atom. The van der Waals surface area contributed by atoms with Crippen LogP contribution in [0.3, 0.4) is 0 Å². The molecule has 1 aliphatic carbocycles. The summed E-state index contributed by atoms with van der Waals surface area (Å²) in [7, 11) is 1.86. The number of carbonyl (C=O) groups excluding carboxylic acids is 1. The number of nitrogens with two attached hydrogens (primary N) is 1. The fourth-order valence-electron chi connectivity index (χ4n) is 4.96. The minimum absolute atomic E-state index is 0.0616. The van der Waals surface area contributed by atoms with E-state index in [1.165, 1.54) is 12.1 Å². The maximum absolute atomic E-state index is 12.3. The molecule has 4 heterocycles. The summed E-state index contributed by atoms with van der Waals surface area (Å²) in [5, 5.41) is 7.17. The number of hydrogen-bond donors (Lipinski definition) is 3. The van der Waals surface area contributed by atoms with Crippen LogP contribution in [-0.2, 0) is 16.1 Å². The number of fused-ring (bicyclic) bond motifs is 3. The summed E-state index contributed by atoms with van der Waals surface area (Å²) in [5.41, 5.74) is 11.4. The Morgan fingerprint density at radius 1 is 1.13 bits per heavy atom. The number of anilines is 1. The second-order valence-electron chi connectivity index (χ2n) is 10.2. The first kappa shape index (κ1) is 26.6. The molecule has 1 saturated carbocycles. The van der Waals surface area contributed by atoms with E-state index in [0.29, 0.717) is 17.4 Å². The predicted octanol–water partition coefficient (Wildman–Crippen LogP) is 5.05. The number of aromatic nitrogens is 3. The highest BCUT2D eigenvalue weighted by molar-refractivity contribution is 6.05. The predicted molar refractivity (Wildman–Crippen MR) is 152 cm³/mol. The highest BCUT2D eigenvalue weighted by atomic mass is 19.1. The number of pyridine rings is 2. The van der Waals surface area contributed by atoms with Gasteiger partial charge in [0, 0.05) is 55.6 Å². The molecule has 2 aliphatic rings.